The fraction of sp³-hybridized carbons (Fsp3) is 0.857. The Balaban J connectivity index is 2.36. The van der Waals surface area contributed by atoms with Gasteiger partial charge in [0.05, 0.1) is 6.04 Å². The van der Waals surface area contributed by atoms with Gasteiger partial charge in [-0.3, -0.25) is 10.4 Å². The van der Waals surface area contributed by atoms with Crippen LogP contribution in [0.15, 0.2) is 4.99 Å². The molecule has 4 heteroatoms. The Labute approximate surface area is 72.2 Å². The highest BCUT2D eigenvalue weighted by Crippen LogP contribution is 2.18. The molecule has 0 aromatic rings. The van der Waals surface area contributed by atoms with Crippen LogP contribution in [0.25, 0.3) is 0 Å². The second-order valence-electron chi connectivity index (χ2n) is 2.81. The standard InChI is InChI=1S/C7H15N3S/c1-4-6-5-11-7(8-6)9-10(2)3/h6H,4-5H2,1-3H3,(H,8,9). The Morgan fingerprint density at radius 2 is 2.45 bits per heavy atom. The molecule has 1 aliphatic rings. The summed E-state index contributed by atoms with van der Waals surface area (Å²) in [6.07, 6.45) is 1.14. The van der Waals surface area contributed by atoms with Crippen molar-refractivity contribution in [2.45, 2.75) is 19.4 Å². The molecule has 11 heavy (non-hydrogen) atoms. The quantitative estimate of drug-likeness (QED) is 0.630. The van der Waals surface area contributed by atoms with Crippen molar-refractivity contribution in [1.82, 2.24) is 10.4 Å². The minimum atomic E-state index is 0.530. The first-order valence-corrected chi connectivity index (χ1v) is 4.85. The van der Waals surface area contributed by atoms with Gasteiger partial charge >= 0.3 is 0 Å². The maximum absolute atomic E-state index is 4.47. The highest BCUT2D eigenvalue weighted by molar-refractivity contribution is 8.14. The van der Waals surface area contributed by atoms with Crippen LogP contribution in [0, 0.1) is 0 Å². The monoisotopic (exact) mass is 173 g/mol. The lowest BCUT2D eigenvalue weighted by Gasteiger charge is -2.11. The van der Waals surface area contributed by atoms with Crippen LogP contribution in [0.4, 0.5) is 0 Å². The highest BCUT2D eigenvalue weighted by atomic mass is 32.2. The largest absolute Gasteiger partial charge is 0.298 e. The molecule has 1 unspecified atom stereocenters. The Bertz CT molecular complexity index is 156. The summed E-state index contributed by atoms with van der Waals surface area (Å²) in [4.78, 5) is 4.47. The van der Waals surface area contributed by atoms with E-state index in [1.807, 2.05) is 19.1 Å². The molecule has 1 atom stereocenters. The zero-order chi connectivity index (χ0) is 8.27. The van der Waals surface area contributed by atoms with Crippen molar-refractivity contribution in [3.63, 3.8) is 0 Å². The maximum Gasteiger partial charge on any atom is 0.171 e. The van der Waals surface area contributed by atoms with Gasteiger partial charge in [0, 0.05) is 19.8 Å². The van der Waals surface area contributed by atoms with Gasteiger partial charge in [0.25, 0.3) is 0 Å². The molecule has 64 valence electrons. The summed E-state index contributed by atoms with van der Waals surface area (Å²) >= 11 is 1.80. The third-order valence-corrected chi connectivity index (χ3v) is 2.52. The van der Waals surface area contributed by atoms with Crippen LogP contribution >= 0.6 is 11.8 Å². The number of hydrazine groups is 1. The minimum Gasteiger partial charge on any atom is -0.298 e. The molecule has 1 heterocycles. The minimum absolute atomic E-state index is 0.530. The normalized spacial score (nSPS) is 24.0. The lowest BCUT2D eigenvalue weighted by Crippen LogP contribution is -2.33. The van der Waals surface area contributed by atoms with Crippen molar-refractivity contribution in [2.75, 3.05) is 19.8 Å². The molecule has 0 fully saturated rings. The van der Waals surface area contributed by atoms with Crippen LogP contribution in [0.5, 0.6) is 0 Å². The molecular weight excluding hydrogens is 158 g/mol. The van der Waals surface area contributed by atoms with E-state index in [4.69, 9.17) is 0 Å². The molecule has 0 saturated heterocycles. The lowest BCUT2D eigenvalue weighted by atomic mass is 10.3. The maximum atomic E-state index is 4.47. The van der Waals surface area contributed by atoms with Crippen molar-refractivity contribution in [1.29, 1.82) is 0 Å². The Hall–Kier alpha value is -0.220. The van der Waals surface area contributed by atoms with Crippen LogP contribution in [-0.4, -0.2) is 36.1 Å². The first-order chi connectivity index (χ1) is 5.22. The summed E-state index contributed by atoms with van der Waals surface area (Å²) < 4.78 is 0. The average molecular weight is 173 g/mol. The van der Waals surface area contributed by atoms with E-state index in [-0.39, 0.29) is 0 Å². The summed E-state index contributed by atoms with van der Waals surface area (Å²) in [5.41, 5.74) is 3.15. The van der Waals surface area contributed by atoms with Crippen molar-refractivity contribution in [2.24, 2.45) is 4.99 Å². The van der Waals surface area contributed by atoms with Gasteiger partial charge in [0.1, 0.15) is 0 Å². The van der Waals surface area contributed by atoms with Crippen LogP contribution in [0.3, 0.4) is 0 Å². The smallest absolute Gasteiger partial charge is 0.171 e. The number of nitrogens with one attached hydrogen (secondary N) is 1. The summed E-state index contributed by atoms with van der Waals surface area (Å²) in [5, 5.41) is 2.98. The third kappa shape index (κ3) is 2.71. The van der Waals surface area contributed by atoms with E-state index in [1.54, 1.807) is 11.8 Å². The Morgan fingerprint density at radius 1 is 1.73 bits per heavy atom. The van der Waals surface area contributed by atoms with Crippen LogP contribution in [-0.2, 0) is 0 Å². The van der Waals surface area contributed by atoms with Gasteiger partial charge in [-0.2, -0.15) is 0 Å². The molecule has 1 N–H and O–H groups in total. The number of rotatable bonds is 2. The van der Waals surface area contributed by atoms with E-state index >= 15 is 0 Å². The summed E-state index contributed by atoms with van der Waals surface area (Å²) in [7, 11) is 3.95. The number of nitrogens with zero attached hydrogens (tertiary/aromatic N) is 2. The highest BCUT2D eigenvalue weighted by Gasteiger charge is 2.15. The van der Waals surface area contributed by atoms with Gasteiger partial charge in [-0.15, -0.1) is 0 Å². The molecule has 3 nitrogen and oxygen atoms in total. The zero-order valence-corrected chi connectivity index (χ0v) is 8.11. The van der Waals surface area contributed by atoms with Crippen LogP contribution < -0.4 is 5.43 Å². The molecule has 0 aromatic heterocycles. The van der Waals surface area contributed by atoms with Crippen LogP contribution in [0.2, 0.25) is 0 Å². The third-order valence-electron chi connectivity index (χ3n) is 1.50. The average Bonchev–Trinajstić information content (AvgIpc) is 2.34. The van der Waals surface area contributed by atoms with E-state index in [0.717, 1.165) is 17.3 Å². The molecule has 1 rings (SSSR count). The van der Waals surface area contributed by atoms with Crippen molar-refractivity contribution < 1.29 is 0 Å². The molecular formula is C7H15N3S. The Kier molecular flexibility index (Phi) is 3.20. The van der Waals surface area contributed by atoms with E-state index in [1.165, 1.54) is 0 Å². The number of hydrogen-bond acceptors (Lipinski definition) is 4. The number of thioether (sulfide) groups is 1. The summed E-state index contributed by atoms with van der Waals surface area (Å²) in [6.45, 7) is 2.17. The molecule has 0 radical (unpaired) electrons. The molecule has 0 amide bonds. The summed E-state index contributed by atoms with van der Waals surface area (Å²) in [5.74, 6) is 1.13. The van der Waals surface area contributed by atoms with E-state index < -0.39 is 0 Å². The lowest BCUT2D eigenvalue weighted by molar-refractivity contribution is 0.365. The first kappa shape index (κ1) is 8.87. The van der Waals surface area contributed by atoms with Gasteiger partial charge in [0.2, 0.25) is 0 Å². The predicted molar refractivity (Wildman–Crippen MR) is 50.8 cm³/mol. The number of hydrogen-bond donors (Lipinski definition) is 1. The van der Waals surface area contributed by atoms with Gasteiger partial charge in [-0.1, -0.05) is 18.7 Å². The van der Waals surface area contributed by atoms with E-state index in [0.29, 0.717) is 6.04 Å². The Morgan fingerprint density at radius 3 is 2.91 bits per heavy atom. The number of amidine groups is 1. The SMILES string of the molecule is CCC1CSC(NN(C)C)=N1. The van der Waals surface area contributed by atoms with Crippen molar-refractivity contribution >= 4 is 16.9 Å². The second-order valence-corrected chi connectivity index (χ2v) is 3.82. The first-order valence-electron chi connectivity index (χ1n) is 3.87. The fourth-order valence-corrected chi connectivity index (χ4v) is 2.01. The molecule has 0 saturated carbocycles. The second kappa shape index (κ2) is 3.97. The van der Waals surface area contributed by atoms with Crippen molar-refractivity contribution in [3.05, 3.63) is 0 Å². The molecule has 0 bridgehead atoms. The molecule has 0 aliphatic carbocycles. The van der Waals surface area contributed by atoms with Gasteiger partial charge in [-0.25, -0.2) is 5.01 Å². The fourth-order valence-electron chi connectivity index (χ4n) is 0.877. The van der Waals surface area contributed by atoms with Gasteiger partial charge in [-0.05, 0) is 6.42 Å². The zero-order valence-electron chi connectivity index (χ0n) is 7.29. The van der Waals surface area contributed by atoms with Crippen molar-refractivity contribution in [3.8, 4) is 0 Å². The van der Waals surface area contributed by atoms with Gasteiger partial charge < -0.3 is 0 Å². The molecule has 0 aromatic carbocycles. The van der Waals surface area contributed by atoms with E-state index in [9.17, 15) is 0 Å². The summed E-state index contributed by atoms with van der Waals surface area (Å²) in [6, 6.07) is 0.530. The number of aliphatic imine (C=N–C) groups is 1. The predicted octanol–water partition coefficient (Wildman–Crippen LogP) is 0.934. The topological polar surface area (TPSA) is 27.6 Å². The van der Waals surface area contributed by atoms with Crippen LogP contribution in [0.1, 0.15) is 13.3 Å². The van der Waals surface area contributed by atoms with Gasteiger partial charge in [0.15, 0.2) is 5.17 Å². The molecule has 0 spiro atoms. The molecule has 1 aliphatic heterocycles. The van der Waals surface area contributed by atoms with E-state index in [2.05, 4.69) is 17.3 Å².